The number of aromatic carboxylic acids is 2. The third-order valence-electron chi connectivity index (χ3n) is 6.31. The van der Waals surface area contributed by atoms with Crippen LogP contribution in [0.15, 0.2) is 90.7 Å². The number of rotatable bonds is 8. The summed E-state index contributed by atoms with van der Waals surface area (Å²) in [5, 5.41) is 18.4. The number of ether oxygens (including phenoxy) is 2. The Bertz CT molecular complexity index is 1630. The summed E-state index contributed by atoms with van der Waals surface area (Å²) in [6, 6.07) is 12.7. The lowest BCUT2D eigenvalue weighted by molar-refractivity contribution is -0.288. The number of carboxylic acid groups (broad SMARTS) is 2. The minimum absolute atomic E-state index is 0.0423. The Morgan fingerprint density at radius 3 is 1.13 bits per heavy atom. The van der Waals surface area contributed by atoms with Crippen molar-refractivity contribution < 1.29 is 55.6 Å². The highest BCUT2D eigenvalue weighted by Crippen LogP contribution is 2.59. The predicted molar refractivity (Wildman–Crippen MR) is 164 cm³/mol. The van der Waals surface area contributed by atoms with Gasteiger partial charge in [-0.25, -0.2) is 9.59 Å². The van der Waals surface area contributed by atoms with Crippen molar-refractivity contribution >= 4 is 75.7 Å². The predicted octanol–water partition coefficient (Wildman–Crippen LogP) is 11.1. The van der Waals surface area contributed by atoms with E-state index in [1.54, 1.807) is 0 Å². The van der Waals surface area contributed by atoms with E-state index in [0.29, 0.717) is 24.3 Å². The summed E-state index contributed by atoms with van der Waals surface area (Å²) in [5.74, 6) is -3.07. The molecular weight excluding hydrogens is 878 g/mol. The van der Waals surface area contributed by atoms with Gasteiger partial charge in [-0.3, -0.25) is 0 Å². The number of hydrogen-bond acceptors (Lipinski definition) is 4. The first-order valence-corrected chi connectivity index (χ1v) is 15.2. The molecule has 0 aliphatic carbocycles. The maximum atomic E-state index is 14.9. The van der Waals surface area contributed by atoms with E-state index in [1.165, 1.54) is 36.4 Å². The van der Waals surface area contributed by atoms with E-state index in [-0.39, 0.29) is 52.0 Å². The molecule has 0 spiro atoms. The summed E-state index contributed by atoms with van der Waals surface area (Å²) in [6.45, 7) is 0. The normalized spacial score (nSPS) is 12.1. The summed E-state index contributed by atoms with van der Waals surface area (Å²) in [4.78, 5) is 22.6. The van der Waals surface area contributed by atoms with Gasteiger partial charge < -0.3 is 19.7 Å². The molecule has 2 N–H and O–H groups in total. The van der Waals surface area contributed by atoms with Gasteiger partial charge in [-0.2, -0.15) is 26.3 Å². The highest BCUT2D eigenvalue weighted by Gasteiger charge is 2.72. The Kier molecular flexibility index (Phi) is 10.0. The summed E-state index contributed by atoms with van der Waals surface area (Å²) < 4.78 is 99.7. The summed E-state index contributed by atoms with van der Waals surface area (Å²) in [5.41, 5.74) is -7.37. The van der Waals surface area contributed by atoms with Crippen molar-refractivity contribution in [1.82, 2.24) is 0 Å². The van der Waals surface area contributed by atoms with Gasteiger partial charge in [-0.15, -0.1) is 0 Å². The first kappa shape index (κ1) is 34.8. The molecule has 45 heavy (non-hydrogen) atoms. The van der Waals surface area contributed by atoms with Gasteiger partial charge in [-0.05, 0) is 136 Å². The fourth-order valence-corrected chi connectivity index (χ4v) is 7.05. The number of halogens is 10. The van der Waals surface area contributed by atoms with Crippen molar-refractivity contribution in [2.24, 2.45) is 0 Å². The van der Waals surface area contributed by atoms with Crippen molar-refractivity contribution in [3.8, 4) is 23.0 Å². The molecule has 0 aliphatic heterocycles. The summed E-state index contributed by atoms with van der Waals surface area (Å²) >= 11 is 12.0. The van der Waals surface area contributed by atoms with Crippen LogP contribution < -0.4 is 9.47 Å². The molecule has 16 heteroatoms. The number of benzene rings is 4. The molecule has 0 amide bonds. The van der Waals surface area contributed by atoms with Crippen LogP contribution in [0, 0.1) is 0 Å². The number of carboxylic acids is 2. The van der Waals surface area contributed by atoms with E-state index in [2.05, 4.69) is 63.7 Å². The van der Waals surface area contributed by atoms with Crippen LogP contribution in [0.2, 0.25) is 0 Å². The topological polar surface area (TPSA) is 93.1 Å². The molecule has 6 nitrogen and oxygen atoms in total. The zero-order valence-corrected chi connectivity index (χ0v) is 28.1. The third-order valence-corrected chi connectivity index (χ3v) is 8.67. The van der Waals surface area contributed by atoms with E-state index < -0.39 is 40.8 Å². The van der Waals surface area contributed by atoms with Crippen LogP contribution in [0.1, 0.15) is 31.8 Å². The molecular formula is C29H14Br4F6O6. The van der Waals surface area contributed by atoms with Crippen LogP contribution in [-0.4, -0.2) is 34.5 Å². The van der Waals surface area contributed by atoms with Crippen LogP contribution in [0.25, 0.3) is 0 Å². The van der Waals surface area contributed by atoms with Gasteiger partial charge in [0.15, 0.2) is 11.5 Å². The molecule has 0 bridgehead atoms. The van der Waals surface area contributed by atoms with Gasteiger partial charge in [0.2, 0.25) is 5.41 Å². The molecule has 0 aromatic heterocycles. The van der Waals surface area contributed by atoms with Crippen LogP contribution in [0.4, 0.5) is 26.3 Å². The van der Waals surface area contributed by atoms with Crippen molar-refractivity contribution in [2.45, 2.75) is 17.8 Å². The average molecular weight is 892 g/mol. The summed E-state index contributed by atoms with van der Waals surface area (Å²) in [7, 11) is 0. The number of hydrogen-bond donors (Lipinski definition) is 2. The highest BCUT2D eigenvalue weighted by atomic mass is 79.9. The minimum Gasteiger partial charge on any atom is -0.478 e. The molecule has 236 valence electrons. The van der Waals surface area contributed by atoms with Gasteiger partial charge in [-0.1, -0.05) is 12.1 Å². The number of alkyl halides is 6. The largest absolute Gasteiger partial charge is 0.478 e. The molecule has 0 aliphatic rings. The molecule has 0 heterocycles. The lowest BCUT2D eigenvalue weighted by atomic mass is 9.73. The lowest BCUT2D eigenvalue weighted by Crippen LogP contribution is -2.54. The Balaban J connectivity index is 1.88. The van der Waals surface area contributed by atoms with Crippen molar-refractivity contribution in [2.75, 3.05) is 0 Å². The molecule has 0 atom stereocenters. The zero-order chi connectivity index (χ0) is 33.5. The molecule has 4 rings (SSSR count). The van der Waals surface area contributed by atoms with Crippen LogP contribution in [-0.2, 0) is 5.41 Å². The SMILES string of the molecule is O=C(O)c1cccc(Oc2c(Br)cc(C(c3cc(Br)c(Oc4cccc(C(=O)O)c4)c(Br)c3)(C(F)(F)F)C(F)(F)F)cc2Br)c1. The van der Waals surface area contributed by atoms with Crippen LogP contribution in [0.3, 0.4) is 0 Å². The Morgan fingerprint density at radius 1 is 0.556 bits per heavy atom. The molecule has 4 aromatic carbocycles. The molecule has 0 unspecified atom stereocenters. The fraction of sp³-hybridized carbons (Fsp3) is 0.103. The lowest BCUT2D eigenvalue weighted by Gasteiger charge is -2.39. The van der Waals surface area contributed by atoms with Crippen molar-refractivity contribution in [3.63, 3.8) is 0 Å². The van der Waals surface area contributed by atoms with Crippen LogP contribution in [0.5, 0.6) is 23.0 Å². The van der Waals surface area contributed by atoms with Gasteiger partial charge in [0.05, 0.1) is 29.0 Å². The van der Waals surface area contributed by atoms with Gasteiger partial charge in [0.25, 0.3) is 0 Å². The molecule has 0 radical (unpaired) electrons. The fourth-order valence-electron chi connectivity index (χ4n) is 4.35. The molecule has 0 saturated carbocycles. The van der Waals surface area contributed by atoms with E-state index in [9.17, 15) is 46.1 Å². The second-order valence-electron chi connectivity index (χ2n) is 9.15. The monoisotopic (exact) mass is 888 g/mol. The van der Waals surface area contributed by atoms with Gasteiger partial charge in [0.1, 0.15) is 11.5 Å². The average Bonchev–Trinajstić information content (AvgIpc) is 2.92. The van der Waals surface area contributed by atoms with E-state index in [4.69, 9.17) is 9.47 Å². The maximum absolute atomic E-state index is 14.9. The Hall–Kier alpha value is -3.08. The van der Waals surface area contributed by atoms with Gasteiger partial charge in [0, 0.05) is 0 Å². The zero-order valence-electron chi connectivity index (χ0n) is 21.7. The van der Waals surface area contributed by atoms with E-state index in [0.717, 1.165) is 12.1 Å². The van der Waals surface area contributed by atoms with Gasteiger partial charge >= 0.3 is 24.3 Å². The maximum Gasteiger partial charge on any atom is 0.411 e. The Morgan fingerprint density at radius 2 is 0.867 bits per heavy atom. The highest BCUT2D eigenvalue weighted by molar-refractivity contribution is 9.11. The standard InChI is InChI=1S/C29H14Br4F6O6/c30-19-9-15(10-20(31)23(19)44-17-5-1-3-13(7-17)25(40)41)27(28(34,35)36,29(37,38)39)16-11-21(32)24(22(33)12-16)45-18-6-2-4-14(8-18)26(42)43/h1-12H,(H,40,41)(H,42,43). The second-order valence-corrected chi connectivity index (χ2v) is 12.6. The Labute approximate surface area is 283 Å². The molecule has 0 fully saturated rings. The van der Waals surface area contributed by atoms with E-state index in [1.807, 2.05) is 0 Å². The van der Waals surface area contributed by atoms with Crippen molar-refractivity contribution in [3.05, 3.63) is 113 Å². The molecule has 4 aromatic rings. The number of carbonyl (C=O) groups is 2. The van der Waals surface area contributed by atoms with Crippen molar-refractivity contribution in [1.29, 1.82) is 0 Å². The van der Waals surface area contributed by atoms with E-state index >= 15 is 0 Å². The quantitative estimate of drug-likeness (QED) is 0.171. The first-order valence-electron chi connectivity index (χ1n) is 12.0. The van der Waals surface area contributed by atoms with Crippen LogP contribution >= 0.6 is 63.7 Å². The minimum atomic E-state index is -5.95. The third kappa shape index (κ3) is 6.88. The second kappa shape index (κ2) is 13.0. The molecule has 0 saturated heterocycles. The first-order chi connectivity index (χ1) is 20.9. The smallest absolute Gasteiger partial charge is 0.411 e. The summed E-state index contributed by atoms with van der Waals surface area (Å²) in [6.07, 6.45) is -11.9.